The monoisotopic (exact) mass is 427 g/mol. The lowest BCUT2D eigenvalue weighted by molar-refractivity contribution is 0.846. The van der Waals surface area contributed by atoms with Crippen LogP contribution in [0.25, 0.3) is 31.6 Å². The molecule has 0 spiro atoms. The molecule has 5 nitrogen and oxygen atoms in total. The van der Waals surface area contributed by atoms with Gasteiger partial charge in [-0.2, -0.15) is 5.10 Å². The van der Waals surface area contributed by atoms with Crippen molar-refractivity contribution in [2.75, 3.05) is 23.3 Å². The Hall–Kier alpha value is -3.38. The van der Waals surface area contributed by atoms with Crippen molar-refractivity contribution in [3.63, 3.8) is 0 Å². The molecule has 0 aliphatic rings. The van der Waals surface area contributed by atoms with E-state index in [0.29, 0.717) is 0 Å². The van der Waals surface area contributed by atoms with Gasteiger partial charge in [0.2, 0.25) is 0 Å². The van der Waals surface area contributed by atoms with Crippen LogP contribution in [-0.2, 0) is 6.54 Å². The summed E-state index contributed by atoms with van der Waals surface area (Å²) in [6, 6.07) is 21.3. The van der Waals surface area contributed by atoms with Gasteiger partial charge in [0.05, 0.1) is 22.1 Å². The number of fused-ring (bicyclic) bond motifs is 3. The number of hydrogen-bond donors (Lipinski definition) is 2. The summed E-state index contributed by atoms with van der Waals surface area (Å²) < 4.78 is 2.50. The van der Waals surface area contributed by atoms with Gasteiger partial charge in [-0.15, -0.1) is 11.3 Å². The lowest BCUT2D eigenvalue weighted by atomic mass is 10.1. The zero-order chi connectivity index (χ0) is 21.2. The number of nitrogens with zero attached hydrogens (tertiary/aromatic N) is 3. The molecule has 0 aliphatic heterocycles. The summed E-state index contributed by atoms with van der Waals surface area (Å²) in [5, 5.41) is 12.5. The average molecular weight is 428 g/mol. The van der Waals surface area contributed by atoms with Crippen molar-refractivity contribution in [3.05, 3.63) is 72.4 Å². The normalized spacial score (nSPS) is 11.3. The number of anilines is 2. The highest BCUT2D eigenvalue weighted by Crippen LogP contribution is 2.38. The van der Waals surface area contributed by atoms with E-state index in [2.05, 4.69) is 99.9 Å². The molecule has 3 aromatic heterocycles. The molecule has 156 valence electrons. The van der Waals surface area contributed by atoms with Crippen molar-refractivity contribution in [1.82, 2.24) is 15.2 Å². The third-order valence-corrected chi connectivity index (χ3v) is 6.83. The summed E-state index contributed by atoms with van der Waals surface area (Å²) in [4.78, 5) is 6.82. The molecule has 2 N–H and O–H groups in total. The van der Waals surface area contributed by atoms with E-state index in [0.717, 1.165) is 47.9 Å². The highest BCUT2D eigenvalue weighted by Gasteiger charge is 2.13. The molecule has 31 heavy (non-hydrogen) atoms. The van der Waals surface area contributed by atoms with E-state index in [1.165, 1.54) is 20.3 Å². The van der Waals surface area contributed by atoms with Gasteiger partial charge in [-0.1, -0.05) is 42.5 Å². The molecule has 0 fully saturated rings. The first-order valence-corrected chi connectivity index (χ1v) is 11.5. The largest absolute Gasteiger partial charge is 0.380 e. The van der Waals surface area contributed by atoms with Crippen LogP contribution in [0, 0.1) is 0 Å². The van der Waals surface area contributed by atoms with Crippen LogP contribution in [0.1, 0.15) is 19.4 Å². The number of H-pyrrole nitrogens is 1. The number of nitrogens with one attached hydrogen (secondary N) is 2. The van der Waals surface area contributed by atoms with Crippen LogP contribution < -0.4 is 10.2 Å². The van der Waals surface area contributed by atoms with Crippen LogP contribution >= 0.6 is 11.3 Å². The van der Waals surface area contributed by atoms with Gasteiger partial charge in [0, 0.05) is 35.3 Å². The summed E-state index contributed by atoms with van der Waals surface area (Å²) >= 11 is 1.79. The Kier molecular flexibility index (Phi) is 5.30. The van der Waals surface area contributed by atoms with E-state index in [1.807, 2.05) is 6.20 Å². The van der Waals surface area contributed by atoms with Crippen LogP contribution in [0.5, 0.6) is 0 Å². The zero-order valence-corrected chi connectivity index (χ0v) is 18.5. The maximum absolute atomic E-state index is 4.59. The summed E-state index contributed by atoms with van der Waals surface area (Å²) in [5.74, 6) is 1.02. The van der Waals surface area contributed by atoms with Crippen LogP contribution in [-0.4, -0.2) is 28.3 Å². The minimum atomic E-state index is 0.755. The Morgan fingerprint density at radius 3 is 2.52 bits per heavy atom. The van der Waals surface area contributed by atoms with E-state index < -0.39 is 0 Å². The van der Waals surface area contributed by atoms with E-state index in [-0.39, 0.29) is 0 Å². The van der Waals surface area contributed by atoms with Gasteiger partial charge in [0.25, 0.3) is 0 Å². The molecule has 3 heterocycles. The SMILES string of the molecule is CCN(CC)c1ccc(NCc2ccc(-c3n[nH]c4c3sc3ccccc34)cc2)cn1. The summed E-state index contributed by atoms with van der Waals surface area (Å²) in [7, 11) is 0. The summed E-state index contributed by atoms with van der Waals surface area (Å²) in [6.45, 7) is 6.98. The van der Waals surface area contributed by atoms with Crippen molar-refractivity contribution >= 4 is 43.1 Å². The number of thiophene rings is 1. The molecule has 0 radical (unpaired) electrons. The number of pyridine rings is 1. The van der Waals surface area contributed by atoms with Crippen molar-refractivity contribution in [1.29, 1.82) is 0 Å². The Bertz CT molecular complexity index is 1300. The first-order chi connectivity index (χ1) is 15.3. The fourth-order valence-corrected chi connectivity index (χ4v) is 5.06. The maximum Gasteiger partial charge on any atom is 0.128 e. The number of aromatic amines is 1. The van der Waals surface area contributed by atoms with E-state index >= 15 is 0 Å². The van der Waals surface area contributed by atoms with Crippen LogP contribution in [0.4, 0.5) is 11.5 Å². The predicted molar refractivity (Wildman–Crippen MR) is 132 cm³/mol. The number of benzene rings is 2. The number of rotatable bonds is 7. The molecule has 5 rings (SSSR count). The Labute approximate surface area is 185 Å². The Morgan fingerprint density at radius 2 is 1.77 bits per heavy atom. The Balaban J connectivity index is 1.30. The highest BCUT2D eigenvalue weighted by atomic mass is 32.1. The molecule has 0 saturated carbocycles. The van der Waals surface area contributed by atoms with Gasteiger partial charge in [0.15, 0.2) is 0 Å². The molecule has 0 unspecified atom stereocenters. The first-order valence-electron chi connectivity index (χ1n) is 10.7. The van der Waals surface area contributed by atoms with E-state index in [1.54, 1.807) is 11.3 Å². The second-order valence-corrected chi connectivity index (χ2v) is 8.55. The van der Waals surface area contributed by atoms with Gasteiger partial charge < -0.3 is 10.2 Å². The van der Waals surface area contributed by atoms with Crippen molar-refractivity contribution in [3.8, 4) is 11.3 Å². The molecule has 0 bridgehead atoms. The number of aromatic nitrogens is 3. The second-order valence-electron chi connectivity index (χ2n) is 7.50. The minimum absolute atomic E-state index is 0.755. The topological polar surface area (TPSA) is 56.8 Å². The smallest absolute Gasteiger partial charge is 0.128 e. The first kappa shape index (κ1) is 19.6. The fraction of sp³-hybridized carbons (Fsp3) is 0.200. The van der Waals surface area contributed by atoms with Gasteiger partial charge in [-0.25, -0.2) is 4.98 Å². The molecule has 0 saturated heterocycles. The third kappa shape index (κ3) is 3.75. The number of hydrogen-bond acceptors (Lipinski definition) is 5. The lowest BCUT2D eigenvalue weighted by Gasteiger charge is -2.19. The maximum atomic E-state index is 4.59. The third-order valence-electron chi connectivity index (χ3n) is 5.65. The lowest BCUT2D eigenvalue weighted by Crippen LogP contribution is -2.22. The van der Waals surface area contributed by atoms with E-state index in [9.17, 15) is 0 Å². The average Bonchev–Trinajstić information content (AvgIpc) is 3.39. The van der Waals surface area contributed by atoms with Crippen molar-refractivity contribution < 1.29 is 0 Å². The molecular weight excluding hydrogens is 402 g/mol. The molecule has 0 atom stereocenters. The fourth-order valence-electron chi connectivity index (χ4n) is 3.89. The highest BCUT2D eigenvalue weighted by molar-refractivity contribution is 7.26. The zero-order valence-electron chi connectivity index (χ0n) is 17.7. The Morgan fingerprint density at radius 1 is 0.968 bits per heavy atom. The van der Waals surface area contributed by atoms with Gasteiger partial charge >= 0.3 is 0 Å². The van der Waals surface area contributed by atoms with Crippen LogP contribution in [0.3, 0.4) is 0 Å². The van der Waals surface area contributed by atoms with Crippen LogP contribution in [0.2, 0.25) is 0 Å². The molecule has 0 aliphatic carbocycles. The van der Waals surface area contributed by atoms with Crippen LogP contribution in [0.15, 0.2) is 66.9 Å². The molecule has 5 aromatic rings. The quantitative estimate of drug-likeness (QED) is 0.320. The molecule has 2 aromatic carbocycles. The molecular formula is C25H25N5S. The predicted octanol–water partition coefficient (Wildman–Crippen LogP) is 6.30. The summed E-state index contributed by atoms with van der Waals surface area (Å²) in [5.41, 5.74) is 5.53. The molecule has 6 heteroatoms. The van der Waals surface area contributed by atoms with Gasteiger partial charge in [-0.3, -0.25) is 5.10 Å². The molecule has 0 amide bonds. The van der Waals surface area contributed by atoms with Gasteiger partial charge in [-0.05, 0) is 37.6 Å². The van der Waals surface area contributed by atoms with Crippen molar-refractivity contribution in [2.24, 2.45) is 0 Å². The standard InChI is InChI=1S/C25H25N5S/c1-3-30(4-2)22-14-13-19(16-27-22)26-15-17-9-11-18(12-10-17)23-25-24(29-28-23)20-7-5-6-8-21(20)31-25/h5-14,16,26H,3-4,15H2,1-2H3,(H,28,29). The van der Waals surface area contributed by atoms with E-state index in [4.69, 9.17) is 0 Å². The second kappa shape index (κ2) is 8.40. The van der Waals surface area contributed by atoms with Gasteiger partial charge in [0.1, 0.15) is 11.5 Å². The van der Waals surface area contributed by atoms with Crippen molar-refractivity contribution in [2.45, 2.75) is 20.4 Å². The summed E-state index contributed by atoms with van der Waals surface area (Å²) in [6.07, 6.45) is 1.91. The minimum Gasteiger partial charge on any atom is -0.380 e.